The molecule has 0 saturated carbocycles. The Kier molecular flexibility index (Phi) is 2.84. The predicted molar refractivity (Wildman–Crippen MR) is 64.3 cm³/mol. The highest BCUT2D eigenvalue weighted by Crippen LogP contribution is 2.33. The van der Waals surface area contributed by atoms with Crippen molar-refractivity contribution in [2.45, 2.75) is 26.3 Å². The van der Waals surface area contributed by atoms with Crippen molar-refractivity contribution in [3.8, 4) is 0 Å². The van der Waals surface area contributed by atoms with Crippen molar-refractivity contribution in [2.75, 3.05) is 0 Å². The van der Waals surface area contributed by atoms with Crippen LogP contribution >= 0.6 is 0 Å². The highest BCUT2D eigenvalue weighted by atomic mass is 19.1. The lowest BCUT2D eigenvalue weighted by molar-refractivity contribution is -0.125. The number of carbonyl (C=O) groups excluding carboxylic acids is 2. The molecule has 1 unspecified atom stereocenters. The smallest absolute Gasteiger partial charge is 0.319 e. The van der Waals surface area contributed by atoms with Crippen LogP contribution in [0.4, 0.5) is 9.18 Å². The second-order valence-electron chi connectivity index (χ2n) is 4.83. The fourth-order valence-electron chi connectivity index (χ4n) is 2.25. The van der Waals surface area contributed by atoms with Gasteiger partial charge in [-0.25, -0.2) is 9.18 Å². The first-order valence-electron chi connectivity index (χ1n) is 5.78. The van der Waals surface area contributed by atoms with Crippen LogP contribution in [0.15, 0.2) is 18.2 Å². The third-order valence-electron chi connectivity index (χ3n) is 3.39. The fourth-order valence-corrected chi connectivity index (χ4v) is 2.25. The van der Waals surface area contributed by atoms with Gasteiger partial charge in [0, 0.05) is 0 Å². The van der Waals surface area contributed by atoms with Gasteiger partial charge in [-0.05, 0) is 30.0 Å². The number of urea groups is 1. The van der Waals surface area contributed by atoms with E-state index in [1.165, 1.54) is 6.07 Å². The summed E-state index contributed by atoms with van der Waals surface area (Å²) in [7, 11) is 0. The van der Waals surface area contributed by atoms with E-state index in [9.17, 15) is 14.0 Å². The molecule has 0 aromatic heterocycles. The molecule has 1 aliphatic heterocycles. The number of imide groups is 1. The standard InChI is InChI=1S/C13H15FN2O2/c1-7(2)13(11(17)15-12(18)16-13)9-5-4-8(3)10(14)6-9/h4-7H,1-3H3,(H2,15,16,17,18). The molecule has 1 aliphatic rings. The van der Waals surface area contributed by atoms with Crippen molar-refractivity contribution in [1.29, 1.82) is 0 Å². The van der Waals surface area contributed by atoms with Crippen molar-refractivity contribution < 1.29 is 14.0 Å². The Bertz CT molecular complexity index is 528. The SMILES string of the molecule is Cc1ccc(C2(C(C)C)NC(=O)NC2=O)cc1F. The molecule has 96 valence electrons. The molecule has 0 radical (unpaired) electrons. The minimum absolute atomic E-state index is 0.189. The number of aryl methyl sites for hydroxylation is 1. The minimum atomic E-state index is -1.19. The number of halogens is 1. The number of rotatable bonds is 2. The molecule has 18 heavy (non-hydrogen) atoms. The number of carbonyl (C=O) groups is 2. The van der Waals surface area contributed by atoms with Crippen molar-refractivity contribution in [2.24, 2.45) is 5.92 Å². The largest absolute Gasteiger partial charge is 0.322 e. The van der Waals surface area contributed by atoms with Crippen LogP contribution in [-0.4, -0.2) is 11.9 Å². The maximum absolute atomic E-state index is 13.6. The summed E-state index contributed by atoms with van der Waals surface area (Å²) in [5, 5.41) is 4.82. The van der Waals surface area contributed by atoms with Gasteiger partial charge in [-0.15, -0.1) is 0 Å². The van der Waals surface area contributed by atoms with Gasteiger partial charge in [0.25, 0.3) is 5.91 Å². The topological polar surface area (TPSA) is 58.2 Å². The molecule has 1 fully saturated rings. The second-order valence-corrected chi connectivity index (χ2v) is 4.83. The molecule has 2 N–H and O–H groups in total. The maximum atomic E-state index is 13.6. The second kappa shape index (κ2) is 4.08. The zero-order valence-electron chi connectivity index (χ0n) is 10.5. The van der Waals surface area contributed by atoms with Gasteiger partial charge in [0.2, 0.25) is 0 Å². The van der Waals surface area contributed by atoms with E-state index in [2.05, 4.69) is 10.6 Å². The molecule has 5 heteroatoms. The fraction of sp³-hybridized carbons (Fsp3) is 0.385. The monoisotopic (exact) mass is 250 g/mol. The van der Waals surface area contributed by atoms with E-state index in [0.29, 0.717) is 11.1 Å². The van der Waals surface area contributed by atoms with Gasteiger partial charge in [-0.3, -0.25) is 10.1 Å². The van der Waals surface area contributed by atoms with Crippen LogP contribution in [0, 0.1) is 18.7 Å². The zero-order valence-corrected chi connectivity index (χ0v) is 10.5. The summed E-state index contributed by atoms with van der Waals surface area (Å²) in [5.41, 5.74) is -0.225. The number of hydrogen-bond donors (Lipinski definition) is 2. The molecule has 0 aliphatic carbocycles. The van der Waals surface area contributed by atoms with Crippen LogP contribution in [-0.2, 0) is 10.3 Å². The Morgan fingerprint density at radius 1 is 1.28 bits per heavy atom. The Labute approximate surface area is 105 Å². The van der Waals surface area contributed by atoms with Gasteiger partial charge in [-0.2, -0.15) is 0 Å². The van der Waals surface area contributed by atoms with Crippen LogP contribution < -0.4 is 10.6 Å². The first-order chi connectivity index (χ1) is 8.37. The zero-order chi connectivity index (χ0) is 13.5. The summed E-state index contributed by atoms with van der Waals surface area (Å²) in [6.45, 7) is 5.26. The summed E-state index contributed by atoms with van der Waals surface area (Å²) >= 11 is 0. The van der Waals surface area contributed by atoms with Crippen LogP contribution in [0.1, 0.15) is 25.0 Å². The summed E-state index contributed by atoms with van der Waals surface area (Å²) < 4.78 is 13.6. The quantitative estimate of drug-likeness (QED) is 0.787. The predicted octanol–water partition coefficient (Wildman–Crippen LogP) is 1.82. The van der Waals surface area contributed by atoms with Crippen LogP contribution in [0.3, 0.4) is 0 Å². The molecule has 1 aromatic rings. The molecule has 3 amide bonds. The summed E-state index contributed by atoms with van der Waals surface area (Å²) in [4.78, 5) is 23.4. The van der Waals surface area contributed by atoms with Gasteiger partial charge in [0.15, 0.2) is 0 Å². The Hall–Kier alpha value is -1.91. The van der Waals surface area contributed by atoms with Crippen LogP contribution in [0.2, 0.25) is 0 Å². The minimum Gasteiger partial charge on any atom is -0.319 e. The molecule has 1 heterocycles. The van der Waals surface area contributed by atoms with E-state index in [4.69, 9.17) is 0 Å². The van der Waals surface area contributed by atoms with E-state index < -0.39 is 17.5 Å². The molecule has 0 bridgehead atoms. The molecule has 1 atom stereocenters. The highest BCUT2D eigenvalue weighted by Gasteiger charge is 2.50. The summed E-state index contributed by atoms with van der Waals surface area (Å²) in [5.74, 6) is -1.02. The van der Waals surface area contributed by atoms with Gasteiger partial charge < -0.3 is 5.32 Å². The molecule has 1 saturated heterocycles. The lowest BCUT2D eigenvalue weighted by Gasteiger charge is -2.30. The average Bonchev–Trinajstić information content (AvgIpc) is 2.59. The Morgan fingerprint density at radius 3 is 2.39 bits per heavy atom. The van der Waals surface area contributed by atoms with Crippen LogP contribution in [0.5, 0.6) is 0 Å². The Morgan fingerprint density at radius 2 is 1.94 bits per heavy atom. The number of amides is 3. The van der Waals surface area contributed by atoms with E-state index >= 15 is 0 Å². The van der Waals surface area contributed by atoms with Crippen LogP contribution in [0.25, 0.3) is 0 Å². The molecule has 1 aromatic carbocycles. The number of nitrogens with one attached hydrogen (secondary N) is 2. The average molecular weight is 250 g/mol. The van der Waals surface area contributed by atoms with Gasteiger partial charge in [0.05, 0.1) is 0 Å². The van der Waals surface area contributed by atoms with Gasteiger partial charge >= 0.3 is 6.03 Å². The normalized spacial score (nSPS) is 23.2. The summed E-state index contributed by atoms with van der Waals surface area (Å²) in [6.07, 6.45) is 0. The third-order valence-corrected chi connectivity index (χ3v) is 3.39. The highest BCUT2D eigenvalue weighted by molar-refractivity contribution is 6.07. The van der Waals surface area contributed by atoms with E-state index in [0.717, 1.165) is 0 Å². The Balaban J connectivity index is 2.58. The van der Waals surface area contributed by atoms with Crippen molar-refractivity contribution >= 4 is 11.9 Å². The van der Waals surface area contributed by atoms with Gasteiger partial charge in [-0.1, -0.05) is 26.0 Å². The first-order valence-corrected chi connectivity index (χ1v) is 5.78. The van der Waals surface area contributed by atoms with E-state index in [-0.39, 0.29) is 11.7 Å². The lowest BCUT2D eigenvalue weighted by atomic mass is 9.79. The van der Waals surface area contributed by atoms with Crippen molar-refractivity contribution in [3.63, 3.8) is 0 Å². The van der Waals surface area contributed by atoms with Crippen molar-refractivity contribution in [3.05, 3.63) is 35.1 Å². The molecular weight excluding hydrogens is 235 g/mol. The summed E-state index contributed by atoms with van der Waals surface area (Å²) in [6, 6.07) is 4.03. The van der Waals surface area contributed by atoms with E-state index in [1.54, 1.807) is 19.1 Å². The van der Waals surface area contributed by atoms with Crippen molar-refractivity contribution in [1.82, 2.24) is 10.6 Å². The number of hydrogen-bond acceptors (Lipinski definition) is 2. The molecule has 4 nitrogen and oxygen atoms in total. The molecular formula is C13H15FN2O2. The number of benzene rings is 1. The first kappa shape index (κ1) is 12.5. The van der Waals surface area contributed by atoms with E-state index in [1.807, 2.05) is 13.8 Å². The maximum Gasteiger partial charge on any atom is 0.322 e. The van der Waals surface area contributed by atoms with Gasteiger partial charge in [0.1, 0.15) is 11.4 Å². The lowest BCUT2D eigenvalue weighted by Crippen LogP contribution is -2.48. The molecule has 0 spiro atoms. The third kappa shape index (κ3) is 1.66. The molecule has 2 rings (SSSR count).